The molecule has 0 atom stereocenters. The predicted octanol–water partition coefficient (Wildman–Crippen LogP) is 3.58. The zero-order chi connectivity index (χ0) is 14.9. The highest BCUT2D eigenvalue weighted by molar-refractivity contribution is 5.89. The number of carbonyl (C=O) groups excluding carboxylic acids is 1. The Morgan fingerprint density at radius 2 is 2.14 bits per heavy atom. The van der Waals surface area contributed by atoms with Gasteiger partial charge in [-0.3, -0.25) is 0 Å². The number of allylic oxidation sites excluding steroid dienone is 5. The van der Waals surface area contributed by atoms with Gasteiger partial charge in [0.05, 0.1) is 6.54 Å². The van der Waals surface area contributed by atoms with Crippen molar-refractivity contribution >= 4 is 12.4 Å². The van der Waals surface area contributed by atoms with E-state index in [1.54, 1.807) is 0 Å². The van der Waals surface area contributed by atoms with Crippen LogP contribution in [0.15, 0.2) is 40.1 Å². The Hall–Kier alpha value is -1.84. The lowest BCUT2D eigenvalue weighted by Gasteiger charge is -2.05. The maximum absolute atomic E-state index is 11.7. The monoisotopic (exact) mass is 288 g/mol. The summed E-state index contributed by atoms with van der Waals surface area (Å²) < 4.78 is 9.84. The number of aliphatic imine (C=N–C) groups is 1. The van der Waals surface area contributed by atoms with Gasteiger partial charge in [-0.1, -0.05) is 11.6 Å². The van der Waals surface area contributed by atoms with Crippen LogP contribution in [0.3, 0.4) is 0 Å². The molecule has 1 heterocycles. The molecule has 4 heteroatoms. The highest BCUT2D eigenvalue weighted by Gasteiger charge is 2.13. The zero-order valence-corrected chi connectivity index (χ0v) is 12.6. The Balaban J connectivity index is 0.000000272. The molecule has 0 fully saturated rings. The van der Waals surface area contributed by atoms with Gasteiger partial charge in [0.2, 0.25) is 0 Å². The van der Waals surface area contributed by atoms with Crippen molar-refractivity contribution in [3.05, 3.63) is 35.1 Å². The molecule has 0 aromatic carbocycles. The van der Waals surface area contributed by atoms with Crippen LogP contribution in [0.4, 0.5) is 0 Å². The summed E-state index contributed by atoms with van der Waals surface area (Å²) in [5, 5.41) is 0. The highest BCUT2D eigenvalue weighted by atomic mass is 16.5. The van der Waals surface area contributed by atoms with Crippen LogP contribution < -0.4 is 0 Å². The van der Waals surface area contributed by atoms with Gasteiger partial charge in [-0.05, 0) is 51.2 Å². The molecule has 1 aliphatic heterocycles. The van der Waals surface area contributed by atoms with Gasteiger partial charge < -0.3 is 9.47 Å². The van der Waals surface area contributed by atoms with Crippen LogP contribution in [-0.4, -0.2) is 25.5 Å². The molecular weight excluding hydrogens is 266 g/mol. The van der Waals surface area contributed by atoms with Crippen molar-refractivity contribution in [1.29, 1.82) is 0 Å². The van der Waals surface area contributed by atoms with Crippen molar-refractivity contribution in [1.82, 2.24) is 0 Å². The maximum Gasteiger partial charge on any atom is 0.338 e. The first kappa shape index (κ1) is 15.5. The van der Waals surface area contributed by atoms with E-state index < -0.39 is 0 Å². The lowest BCUT2D eigenvalue weighted by molar-refractivity contribution is -0.135. The summed E-state index contributed by atoms with van der Waals surface area (Å²) >= 11 is 0. The van der Waals surface area contributed by atoms with Gasteiger partial charge in [0.1, 0.15) is 12.4 Å². The molecule has 4 nitrogen and oxygen atoms in total. The Kier molecular flexibility index (Phi) is 6.25. The van der Waals surface area contributed by atoms with Crippen LogP contribution in [0.5, 0.6) is 0 Å². The Morgan fingerprint density at radius 3 is 2.67 bits per heavy atom. The maximum atomic E-state index is 11.7. The molecule has 3 aliphatic rings. The Morgan fingerprint density at radius 1 is 1.33 bits per heavy atom. The molecule has 0 aromatic heterocycles. The van der Waals surface area contributed by atoms with E-state index in [0.29, 0.717) is 5.57 Å². The summed E-state index contributed by atoms with van der Waals surface area (Å²) in [4.78, 5) is 15.3. The smallest absolute Gasteiger partial charge is 0.338 e. The van der Waals surface area contributed by atoms with E-state index in [1.807, 2.05) is 19.1 Å². The van der Waals surface area contributed by atoms with Crippen LogP contribution in [0.1, 0.15) is 45.4 Å². The molecule has 2 aliphatic carbocycles. The molecule has 0 saturated heterocycles. The first-order valence-corrected chi connectivity index (χ1v) is 7.57. The minimum absolute atomic E-state index is 0.194. The fraction of sp³-hybridized carbons (Fsp3) is 0.529. The molecule has 3 rings (SSSR count). The Bertz CT molecular complexity index is 480. The summed E-state index contributed by atoms with van der Waals surface area (Å²) in [5.74, 6) is 0.652. The molecule has 0 aromatic rings. The molecule has 113 valence electrons. The van der Waals surface area contributed by atoms with Crippen molar-refractivity contribution in [2.24, 2.45) is 4.99 Å². The van der Waals surface area contributed by atoms with E-state index >= 15 is 0 Å². The number of hydrogen-bond donors (Lipinski definition) is 0. The average Bonchev–Trinajstić information content (AvgIpc) is 3.24. The van der Waals surface area contributed by atoms with Crippen molar-refractivity contribution < 1.29 is 14.3 Å². The largest absolute Gasteiger partial charge is 0.472 e. The number of hydrogen-bond acceptors (Lipinski definition) is 4. The van der Waals surface area contributed by atoms with Gasteiger partial charge >= 0.3 is 5.97 Å². The fourth-order valence-corrected chi connectivity index (χ4v) is 2.33. The van der Waals surface area contributed by atoms with Crippen LogP contribution in [-0.2, 0) is 14.3 Å². The summed E-state index contributed by atoms with van der Waals surface area (Å²) in [7, 11) is 0. The van der Waals surface area contributed by atoms with Crippen molar-refractivity contribution in [3.63, 3.8) is 0 Å². The summed E-state index contributed by atoms with van der Waals surface area (Å²) in [6.07, 6.45) is 15.0. The van der Waals surface area contributed by atoms with Crippen molar-refractivity contribution in [2.45, 2.75) is 45.4 Å². The third-order valence-corrected chi connectivity index (χ3v) is 3.46. The number of carbonyl (C=O) groups is 1. The third-order valence-electron chi connectivity index (χ3n) is 3.46. The number of rotatable bonds is 3. The van der Waals surface area contributed by atoms with Gasteiger partial charge in [0.15, 0.2) is 0 Å². The topological polar surface area (TPSA) is 47.9 Å². The predicted molar refractivity (Wildman–Crippen MR) is 82.0 cm³/mol. The number of ether oxygens (including phenoxy) is 2. The summed E-state index contributed by atoms with van der Waals surface area (Å²) in [5.41, 5.74) is 1.98. The molecule has 0 bridgehead atoms. The van der Waals surface area contributed by atoms with Crippen LogP contribution in [0.2, 0.25) is 0 Å². The molecule has 0 amide bonds. The first-order valence-electron chi connectivity index (χ1n) is 7.57. The van der Waals surface area contributed by atoms with Crippen molar-refractivity contribution in [3.8, 4) is 0 Å². The van der Waals surface area contributed by atoms with E-state index in [9.17, 15) is 4.79 Å². The van der Waals surface area contributed by atoms with Gasteiger partial charge in [-0.25, -0.2) is 9.79 Å². The fourth-order valence-electron chi connectivity index (χ4n) is 2.33. The van der Waals surface area contributed by atoms with Gasteiger partial charge in [-0.15, -0.1) is 0 Å². The second-order valence-corrected chi connectivity index (χ2v) is 5.27. The first-order chi connectivity index (χ1) is 10.3. The van der Waals surface area contributed by atoms with Crippen LogP contribution in [0.25, 0.3) is 0 Å². The molecule has 0 unspecified atom stereocenters. The summed E-state index contributed by atoms with van der Waals surface area (Å²) in [6.45, 7) is 3.34. The van der Waals surface area contributed by atoms with E-state index in [1.165, 1.54) is 12.0 Å². The molecule has 21 heavy (non-hydrogen) atoms. The second kappa shape index (κ2) is 8.45. The minimum Gasteiger partial charge on any atom is -0.472 e. The van der Waals surface area contributed by atoms with E-state index in [-0.39, 0.29) is 5.97 Å². The van der Waals surface area contributed by atoms with E-state index in [2.05, 4.69) is 22.2 Å². The van der Waals surface area contributed by atoms with Gasteiger partial charge in [-0.2, -0.15) is 0 Å². The number of esters is 1. The SMILES string of the molecule is CC(=CC1=CCCC1)C(=O)OC1=CCCC1.[C]1=NCCO1. The average molecular weight is 288 g/mol. The second-order valence-electron chi connectivity index (χ2n) is 5.27. The lowest BCUT2D eigenvalue weighted by atomic mass is 10.1. The molecule has 0 N–H and O–H groups in total. The third kappa shape index (κ3) is 5.58. The number of nitrogens with zero attached hydrogens (tertiary/aromatic N) is 1. The molecule has 0 spiro atoms. The van der Waals surface area contributed by atoms with Gasteiger partial charge in [0.25, 0.3) is 6.40 Å². The highest BCUT2D eigenvalue weighted by Crippen LogP contribution is 2.22. The minimum atomic E-state index is -0.194. The van der Waals surface area contributed by atoms with Crippen LogP contribution in [0, 0.1) is 0 Å². The summed E-state index contributed by atoms with van der Waals surface area (Å²) in [6, 6.07) is 0. The molecule has 1 radical (unpaired) electrons. The Labute approximate surface area is 126 Å². The van der Waals surface area contributed by atoms with E-state index in [4.69, 9.17) is 4.74 Å². The molecular formula is C17H22NO3. The standard InChI is InChI=1S/C14H18O2.C3H4NO/c1-11(10-12-6-2-3-7-12)14(15)16-13-8-4-5-9-13;1-2-5-3-4-1/h6,8,10H,2-5,7,9H2,1H3;1-2H2. The molecule has 0 saturated carbocycles. The van der Waals surface area contributed by atoms with E-state index in [0.717, 1.165) is 51.0 Å². The lowest BCUT2D eigenvalue weighted by Crippen LogP contribution is -2.04. The van der Waals surface area contributed by atoms with Crippen LogP contribution >= 0.6 is 0 Å². The quantitative estimate of drug-likeness (QED) is 0.589. The van der Waals surface area contributed by atoms with Crippen molar-refractivity contribution in [2.75, 3.05) is 13.2 Å². The normalized spacial score (nSPS) is 20.3. The zero-order valence-electron chi connectivity index (χ0n) is 12.6. The van der Waals surface area contributed by atoms with Gasteiger partial charge in [0, 0.05) is 12.0 Å².